The van der Waals surface area contributed by atoms with Gasteiger partial charge in [0, 0.05) is 29.8 Å². The van der Waals surface area contributed by atoms with Crippen LogP contribution in [0.25, 0.3) is 0 Å². The number of hydrogen-bond acceptors (Lipinski definition) is 4. The lowest BCUT2D eigenvalue weighted by Gasteiger charge is -2.18. The van der Waals surface area contributed by atoms with Crippen molar-refractivity contribution >= 4 is 15.9 Å². The summed E-state index contributed by atoms with van der Waals surface area (Å²) in [5, 5.41) is 3.46. The molecule has 0 aromatic heterocycles. The third kappa shape index (κ3) is 6.01. The van der Waals surface area contributed by atoms with E-state index in [1.54, 1.807) is 7.11 Å². The first-order valence-electron chi connectivity index (χ1n) is 8.98. The molecule has 142 valence electrons. The summed E-state index contributed by atoms with van der Waals surface area (Å²) in [4.78, 5) is 0. The van der Waals surface area contributed by atoms with Gasteiger partial charge in [0.1, 0.15) is 6.61 Å². The first-order chi connectivity index (χ1) is 12.7. The van der Waals surface area contributed by atoms with Crippen LogP contribution in [0.3, 0.4) is 0 Å². The van der Waals surface area contributed by atoms with Crippen molar-refractivity contribution in [2.75, 3.05) is 26.9 Å². The Labute approximate surface area is 165 Å². The van der Waals surface area contributed by atoms with E-state index >= 15 is 0 Å². The number of benzene rings is 2. The third-order valence-electron chi connectivity index (χ3n) is 4.17. The van der Waals surface area contributed by atoms with Gasteiger partial charge in [-0.3, -0.25) is 0 Å². The molecule has 2 aromatic rings. The van der Waals surface area contributed by atoms with E-state index in [2.05, 4.69) is 40.3 Å². The standard InChI is InChI=1S/C21H28BrNO3/c1-4-25-13-7-12-23-14-18-19(22)10-11-20(24-3)21(18)26-15-17-9-6-5-8-16(17)2/h5-6,8-11,23H,4,7,12-15H2,1-3H3. The lowest BCUT2D eigenvalue weighted by molar-refractivity contribution is 0.144. The summed E-state index contributed by atoms with van der Waals surface area (Å²) in [6.07, 6.45) is 0.981. The van der Waals surface area contributed by atoms with Crippen LogP contribution >= 0.6 is 15.9 Å². The van der Waals surface area contributed by atoms with Gasteiger partial charge in [0.2, 0.25) is 0 Å². The Morgan fingerprint density at radius 1 is 1.12 bits per heavy atom. The molecule has 4 nitrogen and oxygen atoms in total. The second-order valence-electron chi connectivity index (χ2n) is 6.00. The largest absolute Gasteiger partial charge is 0.493 e. The minimum absolute atomic E-state index is 0.511. The summed E-state index contributed by atoms with van der Waals surface area (Å²) in [7, 11) is 1.67. The highest BCUT2D eigenvalue weighted by molar-refractivity contribution is 9.10. The van der Waals surface area contributed by atoms with E-state index < -0.39 is 0 Å². The summed E-state index contributed by atoms with van der Waals surface area (Å²) in [5.41, 5.74) is 3.46. The number of aryl methyl sites for hydroxylation is 1. The zero-order chi connectivity index (χ0) is 18.8. The fraction of sp³-hybridized carbons (Fsp3) is 0.429. The van der Waals surface area contributed by atoms with E-state index in [0.717, 1.165) is 47.7 Å². The highest BCUT2D eigenvalue weighted by atomic mass is 79.9. The van der Waals surface area contributed by atoms with Gasteiger partial charge in [0.15, 0.2) is 11.5 Å². The van der Waals surface area contributed by atoms with Gasteiger partial charge >= 0.3 is 0 Å². The van der Waals surface area contributed by atoms with Gasteiger partial charge in [-0.05, 0) is 50.1 Å². The average molecular weight is 422 g/mol. The molecule has 0 unspecified atom stereocenters. The Bertz CT molecular complexity index is 691. The monoisotopic (exact) mass is 421 g/mol. The molecule has 2 rings (SSSR count). The van der Waals surface area contributed by atoms with Crippen LogP contribution in [0.15, 0.2) is 40.9 Å². The number of hydrogen-bond donors (Lipinski definition) is 1. The first-order valence-corrected chi connectivity index (χ1v) is 9.77. The first kappa shape index (κ1) is 20.7. The molecular weight excluding hydrogens is 394 g/mol. The van der Waals surface area contributed by atoms with Crippen LogP contribution in [-0.4, -0.2) is 26.9 Å². The maximum absolute atomic E-state index is 6.18. The molecule has 0 aliphatic heterocycles. The molecule has 0 radical (unpaired) electrons. The molecule has 0 saturated carbocycles. The topological polar surface area (TPSA) is 39.7 Å². The van der Waals surface area contributed by atoms with Gasteiger partial charge in [0.25, 0.3) is 0 Å². The van der Waals surface area contributed by atoms with Crippen LogP contribution < -0.4 is 14.8 Å². The summed E-state index contributed by atoms with van der Waals surface area (Å²) < 4.78 is 18.1. The maximum atomic E-state index is 6.18. The van der Waals surface area contributed by atoms with Gasteiger partial charge in [-0.15, -0.1) is 0 Å². The zero-order valence-electron chi connectivity index (χ0n) is 15.8. The van der Waals surface area contributed by atoms with E-state index in [0.29, 0.717) is 13.2 Å². The maximum Gasteiger partial charge on any atom is 0.167 e. The Morgan fingerprint density at radius 3 is 2.65 bits per heavy atom. The Balaban J connectivity index is 2.07. The molecule has 0 heterocycles. The molecule has 0 atom stereocenters. The van der Waals surface area contributed by atoms with E-state index in [1.165, 1.54) is 11.1 Å². The van der Waals surface area contributed by atoms with Crippen molar-refractivity contribution in [1.82, 2.24) is 5.32 Å². The molecule has 5 heteroatoms. The van der Waals surface area contributed by atoms with Crippen LogP contribution in [0.1, 0.15) is 30.0 Å². The van der Waals surface area contributed by atoms with Crippen molar-refractivity contribution in [3.8, 4) is 11.5 Å². The van der Waals surface area contributed by atoms with Crippen molar-refractivity contribution < 1.29 is 14.2 Å². The van der Waals surface area contributed by atoms with Crippen molar-refractivity contribution in [1.29, 1.82) is 0 Å². The van der Waals surface area contributed by atoms with E-state index in [-0.39, 0.29) is 0 Å². The van der Waals surface area contributed by atoms with Crippen LogP contribution in [0.5, 0.6) is 11.5 Å². The molecule has 26 heavy (non-hydrogen) atoms. The smallest absolute Gasteiger partial charge is 0.167 e. The normalized spacial score (nSPS) is 10.8. The highest BCUT2D eigenvalue weighted by Crippen LogP contribution is 2.36. The molecule has 2 aromatic carbocycles. The number of nitrogens with one attached hydrogen (secondary N) is 1. The second kappa shape index (κ2) is 11.2. The Kier molecular flexibility index (Phi) is 8.95. The quantitative estimate of drug-likeness (QED) is 0.525. The van der Waals surface area contributed by atoms with Gasteiger partial charge in [-0.2, -0.15) is 0 Å². The van der Waals surface area contributed by atoms with Crippen molar-refractivity contribution in [2.24, 2.45) is 0 Å². The molecule has 0 amide bonds. The van der Waals surface area contributed by atoms with E-state index in [1.807, 2.05) is 31.2 Å². The van der Waals surface area contributed by atoms with Gasteiger partial charge < -0.3 is 19.5 Å². The fourth-order valence-electron chi connectivity index (χ4n) is 2.64. The predicted octanol–water partition coefficient (Wildman–Crippen LogP) is 4.86. The zero-order valence-corrected chi connectivity index (χ0v) is 17.4. The second-order valence-corrected chi connectivity index (χ2v) is 6.85. The Morgan fingerprint density at radius 2 is 1.92 bits per heavy atom. The van der Waals surface area contributed by atoms with Gasteiger partial charge in [-0.1, -0.05) is 40.2 Å². The molecule has 0 aliphatic carbocycles. The van der Waals surface area contributed by atoms with Crippen molar-refractivity contribution in [3.05, 3.63) is 57.6 Å². The van der Waals surface area contributed by atoms with Gasteiger partial charge in [-0.25, -0.2) is 0 Å². The summed E-state index contributed by atoms with van der Waals surface area (Å²) >= 11 is 3.65. The van der Waals surface area contributed by atoms with Crippen molar-refractivity contribution in [3.63, 3.8) is 0 Å². The predicted molar refractivity (Wildman–Crippen MR) is 109 cm³/mol. The lowest BCUT2D eigenvalue weighted by atomic mass is 10.1. The fourth-order valence-corrected chi connectivity index (χ4v) is 3.10. The molecule has 0 saturated heterocycles. The molecule has 1 N–H and O–H groups in total. The minimum Gasteiger partial charge on any atom is -0.493 e. The molecule has 0 fully saturated rings. The number of methoxy groups -OCH3 is 1. The minimum atomic E-state index is 0.511. The molecule has 0 aliphatic rings. The van der Waals surface area contributed by atoms with Crippen molar-refractivity contribution in [2.45, 2.75) is 33.4 Å². The van der Waals surface area contributed by atoms with Crippen LogP contribution in [-0.2, 0) is 17.9 Å². The molecule has 0 bridgehead atoms. The summed E-state index contributed by atoms with van der Waals surface area (Å²) in [6, 6.07) is 12.2. The summed E-state index contributed by atoms with van der Waals surface area (Å²) in [6.45, 7) is 7.75. The highest BCUT2D eigenvalue weighted by Gasteiger charge is 2.15. The van der Waals surface area contributed by atoms with E-state index in [9.17, 15) is 0 Å². The molecule has 0 spiro atoms. The third-order valence-corrected chi connectivity index (χ3v) is 4.91. The summed E-state index contributed by atoms with van der Waals surface area (Å²) in [5.74, 6) is 1.52. The van der Waals surface area contributed by atoms with Gasteiger partial charge in [0.05, 0.1) is 7.11 Å². The lowest BCUT2D eigenvalue weighted by Crippen LogP contribution is -2.17. The van der Waals surface area contributed by atoms with E-state index in [4.69, 9.17) is 14.2 Å². The SMILES string of the molecule is CCOCCCNCc1c(Br)ccc(OC)c1OCc1ccccc1C. The number of halogens is 1. The Hall–Kier alpha value is -1.56. The van der Waals surface area contributed by atoms with Crippen LogP contribution in [0.4, 0.5) is 0 Å². The number of ether oxygens (including phenoxy) is 3. The van der Waals surface area contributed by atoms with Crippen LogP contribution in [0.2, 0.25) is 0 Å². The molecular formula is C21H28BrNO3. The number of rotatable bonds is 11. The van der Waals surface area contributed by atoms with Crippen LogP contribution in [0, 0.1) is 6.92 Å². The average Bonchev–Trinajstić information content (AvgIpc) is 2.65.